The molecule has 0 radical (unpaired) electrons. The molecule has 0 spiro atoms. The summed E-state index contributed by atoms with van der Waals surface area (Å²) in [5.74, 6) is 0. The number of hydrogen-bond donors (Lipinski definition) is 0. The first-order chi connectivity index (χ1) is 1.73. The molecular formula is O3PRh. The van der Waals surface area contributed by atoms with Crippen LogP contribution >= 0.6 is 8.60 Å². The van der Waals surface area contributed by atoms with Crippen molar-refractivity contribution in [2.24, 2.45) is 0 Å². The van der Waals surface area contributed by atoms with Gasteiger partial charge in [-0.05, 0) is 0 Å². The maximum absolute atomic E-state index is 8.48. The Balaban J connectivity index is 0. The van der Waals surface area contributed by atoms with Crippen molar-refractivity contribution in [1.82, 2.24) is 0 Å². The zero-order valence-electron chi connectivity index (χ0n) is 2.01. The van der Waals surface area contributed by atoms with Crippen LogP contribution in [0.3, 0.4) is 0 Å². The van der Waals surface area contributed by atoms with Gasteiger partial charge in [-0.25, -0.2) is 0 Å². The average molecular weight is 182 g/mol. The van der Waals surface area contributed by atoms with Crippen LogP contribution in [0.4, 0.5) is 0 Å². The fraction of sp³-hybridized carbons (Fsp3) is 0. The van der Waals surface area contributed by atoms with Crippen LogP contribution < -0.4 is 14.7 Å². The summed E-state index contributed by atoms with van der Waals surface area (Å²) in [4.78, 5) is 25.4. The third kappa shape index (κ3) is 48.7. The molecule has 0 heterocycles. The Hall–Kier alpha value is 0.933. The Labute approximate surface area is 43.4 Å². The molecule has 32 valence electrons. The molecule has 5 heteroatoms. The molecule has 0 aromatic carbocycles. The monoisotopic (exact) mass is 182 g/mol. The molecule has 0 aromatic rings. The zero-order chi connectivity index (χ0) is 3.58. The quantitative estimate of drug-likeness (QED) is 0.302. The first kappa shape index (κ1) is 9.33. The number of rotatable bonds is 0. The van der Waals surface area contributed by atoms with Gasteiger partial charge in [-0.2, -0.15) is 0 Å². The van der Waals surface area contributed by atoms with Gasteiger partial charge in [-0.3, -0.25) is 0 Å². The third-order valence-corrected chi connectivity index (χ3v) is 0. The van der Waals surface area contributed by atoms with Crippen molar-refractivity contribution in [2.75, 3.05) is 0 Å². The SMILES string of the molecule is [O-]P([O-])[O-].[Rh+3]. The van der Waals surface area contributed by atoms with Crippen LogP contribution in [0, 0.1) is 0 Å². The smallest absolute Gasteiger partial charge is 0.854 e. The van der Waals surface area contributed by atoms with Crippen molar-refractivity contribution in [3.05, 3.63) is 0 Å². The molecule has 0 saturated carbocycles. The van der Waals surface area contributed by atoms with Crippen molar-refractivity contribution in [3.8, 4) is 0 Å². The molecule has 0 bridgehead atoms. The molecular weight excluding hydrogens is 182 g/mol. The molecule has 0 aliphatic heterocycles. The van der Waals surface area contributed by atoms with Crippen molar-refractivity contribution >= 4 is 8.60 Å². The maximum Gasteiger partial charge on any atom is 3.00 e. The Morgan fingerprint density at radius 1 is 1.00 bits per heavy atom. The summed E-state index contributed by atoms with van der Waals surface area (Å²) < 4.78 is 0. The van der Waals surface area contributed by atoms with E-state index in [-0.39, 0.29) is 19.5 Å². The van der Waals surface area contributed by atoms with E-state index in [1.54, 1.807) is 0 Å². The van der Waals surface area contributed by atoms with E-state index >= 15 is 0 Å². The second kappa shape index (κ2) is 4.93. The summed E-state index contributed by atoms with van der Waals surface area (Å²) in [6.07, 6.45) is 0. The van der Waals surface area contributed by atoms with E-state index in [2.05, 4.69) is 0 Å². The molecule has 0 fully saturated rings. The van der Waals surface area contributed by atoms with Crippen molar-refractivity contribution in [1.29, 1.82) is 0 Å². The number of hydrogen-bond acceptors (Lipinski definition) is 3. The van der Waals surface area contributed by atoms with Crippen LogP contribution in [-0.4, -0.2) is 0 Å². The van der Waals surface area contributed by atoms with Crippen LogP contribution in [0.1, 0.15) is 0 Å². The van der Waals surface area contributed by atoms with Gasteiger partial charge in [-0.15, -0.1) is 0 Å². The van der Waals surface area contributed by atoms with Crippen LogP contribution in [0.5, 0.6) is 0 Å². The van der Waals surface area contributed by atoms with E-state index in [1.165, 1.54) is 0 Å². The Kier molecular flexibility index (Phi) is 9.21. The van der Waals surface area contributed by atoms with Crippen molar-refractivity contribution < 1.29 is 34.2 Å². The summed E-state index contributed by atoms with van der Waals surface area (Å²) in [7, 11) is -3.37. The summed E-state index contributed by atoms with van der Waals surface area (Å²) in [5, 5.41) is 0. The van der Waals surface area contributed by atoms with Crippen LogP contribution in [-0.2, 0) is 19.5 Å². The second-order valence-corrected chi connectivity index (χ2v) is 0.671. The standard InChI is InChI=1S/O3P.Rh/c1-4(2)3;/q-3;+3. The largest absolute Gasteiger partial charge is 3.00 e. The van der Waals surface area contributed by atoms with E-state index in [1.807, 2.05) is 0 Å². The van der Waals surface area contributed by atoms with Gasteiger partial charge in [0.05, 0.1) is 0 Å². The molecule has 0 aliphatic carbocycles. The minimum absolute atomic E-state index is 0. The first-order valence-corrected chi connectivity index (χ1v) is 1.64. The fourth-order valence-electron chi connectivity index (χ4n) is 0. The van der Waals surface area contributed by atoms with Crippen LogP contribution in [0.2, 0.25) is 0 Å². The molecule has 0 N–H and O–H groups in total. The van der Waals surface area contributed by atoms with Gasteiger partial charge in [0, 0.05) is 0 Å². The zero-order valence-corrected chi connectivity index (χ0v) is 4.54. The van der Waals surface area contributed by atoms with Gasteiger partial charge in [0.25, 0.3) is 0 Å². The van der Waals surface area contributed by atoms with Crippen molar-refractivity contribution in [3.63, 3.8) is 0 Å². The predicted octanol–water partition coefficient (Wildman–Crippen LogP) is -2.71. The topological polar surface area (TPSA) is 69.2 Å². The van der Waals surface area contributed by atoms with Crippen LogP contribution in [0.25, 0.3) is 0 Å². The summed E-state index contributed by atoms with van der Waals surface area (Å²) in [6.45, 7) is 0. The van der Waals surface area contributed by atoms with E-state index in [0.717, 1.165) is 0 Å². The van der Waals surface area contributed by atoms with E-state index in [4.69, 9.17) is 14.7 Å². The maximum atomic E-state index is 8.48. The van der Waals surface area contributed by atoms with E-state index in [0.29, 0.717) is 0 Å². The van der Waals surface area contributed by atoms with Gasteiger partial charge in [-0.1, -0.05) is 0 Å². The minimum Gasteiger partial charge on any atom is -0.854 e. The fourth-order valence-corrected chi connectivity index (χ4v) is 0. The molecule has 0 amide bonds. The minimum atomic E-state index is -3.37. The third-order valence-electron chi connectivity index (χ3n) is 0. The molecule has 0 saturated heterocycles. The van der Waals surface area contributed by atoms with Gasteiger partial charge in [0.1, 0.15) is 0 Å². The Morgan fingerprint density at radius 2 is 1.00 bits per heavy atom. The van der Waals surface area contributed by atoms with Crippen molar-refractivity contribution in [2.45, 2.75) is 0 Å². The Bertz CT molecular complexity index is 11.6. The average Bonchev–Trinajstić information content (AvgIpc) is 0.811. The summed E-state index contributed by atoms with van der Waals surface area (Å²) in [6, 6.07) is 0. The summed E-state index contributed by atoms with van der Waals surface area (Å²) in [5.41, 5.74) is 0. The molecule has 3 nitrogen and oxygen atoms in total. The second-order valence-electron chi connectivity index (χ2n) is 0.224. The van der Waals surface area contributed by atoms with Gasteiger partial charge in [0.2, 0.25) is 0 Å². The molecule has 0 aliphatic rings. The van der Waals surface area contributed by atoms with Gasteiger partial charge in [0.15, 0.2) is 0 Å². The molecule has 0 atom stereocenters. The van der Waals surface area contributed by atoms with Gasteiger partial charge >= 0.3 is 19.5 Å². The molecule has 0 aromatic heterocycles. The van der Waals surface area contributed by atoms with Gasteiger partial charge < -0.3 is 23.3 Å². The van der Waals surface area contributed by atoms with E-state index < -0.39 is 8.60 Å². The normalized spacial score (nSPS) is 7.20. The Morgan fingerprint density at radius 3 is 1.00 bits per heavy atom. The predicted molar refractivity (Wildman–Crippen MR) is 6.92 cm³/mol. The summed E-state index contributed by atoms with van der Waals surface area (Å²) >= 11 is 0. The van der Waals surface area contributed by atoms with Crippen LogP contribution in [0.15, 0.2) is 0 Å². The molecule has 0 unspecified atom stereocenters. The molecule has 5 heavy (non-hydrogen) atoms. The first-order valence-electron chi connectivity index (χ1n) is 0.548. The van der Waals surface area contributed by atoms with E-state index in [9.17, 15) is 0 Å². The molecule has 0 rings (SSSR count).